The molecule has 7 nitrogen and oxygen atoms in total. The molecule has 0 spiro atoms. The topological polar surface area (TPSA) is 92.8 Å². The monoisotopic (exact) mass is 416 g/mol. The van der Waals surface area contributed by atoms with Crippen LogP contribution in [0.1, 0.15) is 18.9 Å². The van der Waals surface area contributed by atoms with Crippen LogP contribution in [0.2, 0.25) is 5.02 Å². The van der Waals surface area contributed by atoms with Gasteiger partial charge in [-0.15, -0.1) is 0 Å². The number of allylic oxidation sites excluding steroid dienone is 2. The quantitative estimate of drug-likeness (QED) is 0.451. The Labute approximate surface area is 173 Å². The Bertz CT molecular complexity index is 913. The molecule has 0 radical (unpaired) electrons. The Morgan fingerprint density at radius 2 is 1.83 bits per heavy atom. The first kappa shape index (κ1) is 19.6. The van der Waals surface area contributed by atoms with Crippen LogP contribution in [0.5, 0.6) is 0 Å². The molecule has 152 valence electrons. The summed E-state index contributed by atoms with van der Waals surface area (Å²) in [6, 6.07) is 3.99. The lowest BCUT2D eigenvalue weighted by molar-refractivity contribution is -0.159. The molecule has 1 N–H and O–H groups in total. The number of fused-ring (bicyclic) bond motifs is 5. The number of benzene rings is 1. The SMILES string of the molecule is Cc1ccc(Cl)cc1NC(=O)COC(=O)[C@@H](C)N1C(=O)[C@@H]2[C@H](C1=O)[C@H]1C=C[C@H]2C1. The van der Waals surface area contributed by atoms with Gasteiger partial charge in [-0.1, -0.05) is 29.8 Å². The second kappa shape index (κ2) is 7.30. The number of nitrogens with zero attached hydrogens (tertiary/aromatic N) is 1. The Morgan fingerprint density at radius 1 is 1.21 bits per heavy atom. The van der Waals surface area contributed by atoms with E-state index in [1.54, 1.807) is 18.2 Å². The predicted octanol–water partition coefficient (Wildman–Crippen LogP) is 2.33. The number of anilines is 1. The molecule has 8 heteroatoms. The molecular weight excluding hydrogens is 396 g/mol. The van der Waals surface area contributed by atoms with E-state index in [1.807, 2.05) is 19.1 Å². The number of esters is 1. The lowest BCUT2D eigenvalue weighted by atomic mass is 9.85. The summed E-state index contributed by atoms with van der Waals surface area (Å²) in [6.45, 7) is 2.74. The lowest BCUT2D eigenvalue weighted by Gasteiger charge is -2.23. The number of rotatable bonds is 5. The van der Waals surface area contributed by atoms with Crippen molar-refractivity contribution in [1.82, 2.24) is 4.90 Å². The summed E-state index contributed by atoms with van der Waals surface area (Å²) in [5.74, 6) is -2.56. The molecule has 29 heavy (non-hydrogen) atoms. The van der Waals surface area contributed by atoms with Crippen molar-refractivity contribution in [1.29, 1.82) is 0 Å². The van der Waals surface area contributed by atoms with Gasteiger partial charge in [-0.25, -0.2) is 4.79 Å². The van der Waals surface area contributed by atoms with E-state index >= 15 is 0 Å². The van der Waals surface area contributed by atoms with Gasteiger partial charge in [-0.2, -0.15) is 0 Å². The van der Waals surface area contributed by atoms with E-state index in [9.17, 15) is 19.2 Å². The molecule has 1 aliphatic heterocycles. The van der Waals surface area contributed by atoms with Gasteiger partial charge in [0.05, 0.1) is 11.8 Å². The van der Waals surface area contributed by atoms with Gasteiger partial charge in [0.15, 0.2) is 6.61 Å². The van der Waals surface area contributed by atoms with Crippen molar-refractivity contribution in [3.63, 3.8) is 0 Å². The number of hydrogen-bond donors (Lipinski definition) is 1. The van der Waals surface area contributed by atoms with Crippen LogP contribution in [0.25, 0.3) is 0 Å². The zero-order valence-corrected chi connectivity index (χ0v) is 16.8. The van der Waals surface area contributed by atoms with Gasteiger partial charge in [0, 0.05) is 10.7 Å². The molecule has 1 saturated heterocycles. The van der Waals surface area contributed by atoms with Gasteiger partial charge in [-0.3, -0.25) is 19.3 Å². The van der Waals surface area contributed by atoms with E-state index in [0.717, 1.165) is 16.9 Å². The molecule has 3 aliphatic rings. The predicted molar refractivity (Wildman–Crippen MR) is 105 cm³/mol. The highest BCUT2D eigenvalue weighted by Crippen LogP contribution is 2.52. The van der Waals surface area contributed by atoms with E-state index < -0.39 is 24.5 Å². The summed E-state index contributed by atoms with van der Waals surface area (Å²) in [5.41, 5.74) is 1.33. The first-order chi connectivity index (χ1) is 13.8. The van der Waals surface area contributed by atoms with E-state index in [-0.39, 0.29) is 35.5 Å². The number of amides is 3. The Morgan fingerprint density at radius 3 is 2.45 bits per heavy atom. The van der Waals surface area contributed by atoms with Crippen LogP contribution >= 0.6 is 11.6 Å². The number of hydrogen-bond acceptors (Lipinski definition) is 5. The average molecular weight is 417 g/mol. The van der Waals surface area contributed by atoms with Crippen LogP contribution in [-0.2, 0) is 23.9 Å². The fourth-order valence-electron chi connectivity index (χ4n) is 4.58. The summed E-state index contributed by atoms with van der Waals surface area (Å²) in [6.07, 6.45) is 4.81. The lowest BCUT2D eigenvalue weighted by Crippen LogP contribution is -2.45. The van der Waals surface area contributed by atoms with Crippen LogP contribution in [0, 0.1) is 30.6 Å². The number of aryl methyl sites for hydroxylation is 1. The molecule has 4 rings (SSSR count). The highest BCUT2D eigenvalue weighted by atomic mass is 35.5. The van der Waals surface area contributed by atoms with Crippen molar-refractivity contribution in [3.05, 3.63) is 40.9 Å². The van der Waals surface area contributed by atoms with Crippen LogP contribution in [0.4, 0.5) is 5.69 Å². The smallest absolute Gasteiger partial charge is 0.329 e. The van der Waals surface area contributed by atoms with Crippen molar-refractivity contribution in [3.8, 4) is 0 Å². The third kappa shape index (κ3) is 3.33. The summed E-state index contributed by atoms with van der Waals surface area (Å²) in [7, 11) is 0. The summed E-state index contributed by atoms with van der Waals surface area (Å²) in [5, 5.41) is 3.10. The van der Waals surface area contributed by atoms with E-state index in [2.05, 4.69) is 5.32 Å². The molecule has 1 heterocycles. The molecule has 3 amide bonds. The first-order valence-corrected chi connectivity index (χ1v) is 9.93. The Kier molecular flexibility index (Phi) is 4.94. The number of ether oxygens (including phenoxy) is 1. The number of carbonyl (C=O) groups is 4. The van der Waals surface area contributed by atoms with Crippen LogP contribution < -0.4 is 5.32 Å². The largest absolute Gasteiger partial charge is 0.454 e. The zero-order valence-electron chi connectivity index (χ0n) is 16.1. The molecule has 0 unspecified atom stereocenters. The van der Waals surface area contributed by atoms with Gasteiger partial charge in [-0.05, 0) is 49.8 Å². The number of likely N-dealkylation sites (tertiary alicyclic amines) is 1. The Balaban J connectivity index is 1.35. The van der Waals surface area contributed by atoms with Crippen molar-refractivity contribution >= 4 is 41.0 Å². The maximum Gasteiger partial charge on any atom is 0.329 e. The molecule has 5 atom stereocenters. The van der Waals surface area contributed by atoms with Crippen molar-refractivity contribution in [2.24, 2.45) is 23.7 Å². The molecule has 2 fully saturated rings. The molecule has 2 aliphatic carbocycles. The van der Waals surface area contributed by atoms with Gasteiger partial charge in [0.1, 0.15) is 6.04 Å². The van der Waals surface area contributed by atoms with E-state index in [0.29, 0.717) is 10.7 Å². The van der Waals surface area contributed by atoms with Gasteiger partial charge in [0.25, 0.3) is 5.91 Å². The Hall–Kier alpha value is -2.67. The first-order valence-electron chi connectivity index (χ1n) is 9.56. The zero-order chi connectivity index (χ0) is 20.9. The molecule has 1 aromatic carbocycles. The van der Waals surface area contributed by atoms with Gasteiger partial charge >= 0.3 is 5.97 Å². The molecule has 1 saturated carbocycles. The number of carbonyl (C=O) groups excluding carboxylic acids is 4. The van der Waals surface area contributed by atoms with Crippen molar-refractivity contribution in [2.75, 3.05) is 11.9 Å². The minimum Gasteiger partial charge on any atom is -0.454 e. The molecule has 2 bridgehead atoms. The highest BCUT2D eigenvalue weighted by molar-refractivity contribution is 6.31. The molecule has 0 aromatic heterocycles. The second-order valence-corrected chi connectivity index (χ2v) is 8.27. The highest BCUT2D eigenvalue weighted by Gasteiger charge is 2.60. The second-order valence-electron chi connectivity index (χ2n) is 7.84. The molecule has 1 aromatic rings. The summed E-state index contributed by atoms with van der Waals surface area (Å²) < 4.78 is 5.06. The van der Waals surface area contributed by atoms with Crippen LogP contribution in [0.3, 0.4) is 0 Å². The van der Waals surface area contributed by atoms with Crippen LogP contribution in [-0.4, -0.2) is 41.2 Å². The standard InChI is InChI=1S/C21H21ClN2O5/c1-10-3-6-14(22)8-15(10)23-16(25)9-29-21(28)11(2)24-19(26)17-12-4-5-13(7-12)18(17)20(24)27/h3-6,8,11-13,17-18H,7,9H2,1-2H3,(H,23,25)/t11-,12+,13+,17-,18+/m1/s1. The van der Waals surface area contributed by atoms with E-state index in [4.69, 9.17) is 16.3 Å². The van der Waals surface area contributed by atoms with Gasteiger partial charge < -0.3 is 10.1 Å². The third-order valence-electron chi connectivity index (χ3n) is 6.05. The third-order valence-corrected chi connectivity index (χ3v) is 6.29. The fourth-order valence-corrected chi connectivity index (χ4v) is 4.76. The fraction of sp³-hybridized carbons (Fsp3) is 0.429. The number of halogens is 1. The number of nitrogens with one attached hydrogen (secondary N) is 1. The number of imide groups is 1. The minimum absolute atomic E-state index is 0.0707. The minimum atomic E-state index is -1.07. The summed E-state index contributed by atoms with van der Waals surface area (Å²) in [4.78, 5) is 51.1. The van der Waals surface area contributed by atoms with Crippen molar-refractivity contribution in [2.45, 2.75) is 26.3 Å². The van der Waals surface area contributed by atoms with E-state index in [1.165, 1.54) is 6.92 Å². The molecular formula is C21H21ClN2O5. The van der Waals surface area contributed by atoms with Gasteiger partial charge in [0.2, 0.25) is 11.8 Å². The van der Waals surface area contributed by atoms with Crippen LogP contribution in [0.15, 0.2) is 30.4 Å². The maximum absolute atomic E-state index is 12.8. The average Bonchev–Trinajstić information content (AvgIpc) is 3.36. The maximum atomic E-state index is 12.8. The normalized spacial score (nSPS) is 27.9. The summed E-state index contributed by atoms with van der Waals surface area (Å²) >= 11 is 5.92. The van der Waals surface area contributed by atoms with Crippen molar-refractivity contribution < 1.29 is 23.9 Å².